The Morgan fingerprint density at radius 2 is 1.61 bits per heavy atom. The summed E-state index contributed by atoms with van der Waals surface area (Å²) >= 11 is 8.29. The van der Waals surface area contributed by atoms with Crippen LogP contribution < -0.4 is 5.32 Å². The van der Waals surface area contributed by atoms with Crippen molar-refractivity contribution in [1.29, 1.82) is 0 Å². The van der Waals surface area contributed by atoms with Crippen molar-refractivity contribution >= 4 is 54.8 Å². The normalized spacial score (nSPS) is 10.5. The molecule has 3 rings (SSSR count). The minimum Gasteiger partial charge on any atom is -0.326 e. The van der Waals surface area contributed by atoms with Crippen LogP contribution in [0.1, 0.15) is 5.01 Å². The number of carbonyl (C=O) groups excluding carboxylic acids is 1. The summed E-state index contributed by atoms with van der Waals surface area (Å²) in [6, 6.07) is 15.5. The SMILES string of the molecule is O=C(Cc1nc(-c2ccc(Br)cc2)cs1)Nc1ccc(Br)cc1. The minimum atomic E-state index is -0.0657. The van der Waals surface area contributed by atoms with Crippen LogP contribution in [0.2, 0.25) is 0 Å². The van der Waals surface area contributed by atoms with Crippen molar-refractivity contribution in [3.8, 4) is 11.3 Å². The van der Waals surface area contributed by atoms with Gasteiger partial charge in [-0.3, -0.25) is 4.79 Å². The van der Waals surface area contributed by atoms with Crippen LogP contribution in [-0.2, 0) is 11.2 Å². The molecular weight excluding hydrogens is 440 g/mol. The molecule has 0 spiro atoms. The quantitative estimate of drug-likeness (QED) is 0.567. The highest BCUT2D eigenvalue weighted by molar-refractivity contribution is 9.10. The molecule has 2 aromatic carbocycles. The van der Waals surface area contributed by atoms with E-state index in [4.69, 9.17) is 0 Å². The fourth-order valence-corrected chi connectivity index (χ4v) is 3.35. The molecule has 0 aliphatic rings. The molecule has 0 saturated carbocycles. The second-order valence-electron chi connectivity index (χ2n) is 4.87. The molecule has 3 nitrogen and oxygen atoms in total. The standard InChI is InChI=1S/C17H12Br2N2OS/c18-12-3-1-11(2-4-12)15-10-23-17(21-15)9-16(22)20-14-7-5-13(19)6-8-14/h1-8,10H,9H2,(H,20,22). The third-order valence-electron chi connectivity index (χ3n) is 3.13. The molecule has 3 aromatic rings. The summed E-state index contributed by atoms with van der Waals surface area (Å²) in [6.45, 7) is 0. The van der Waals surface area contributed by atoms with Gasteiger partial charge >= 0.3 is 0 Å². The fraction of sp³-hybridized carbons (Fsp3) is 0.0588. The first-order valence-electron chi connectivity index (χ1n) is 6.86. The second kappa shape index (κ2) is 7.38. The van der Waals surface area contributed by atoms with Gasteiger partial charge in [0.2, 0.25) is 5.91 Å². The van der Waals surface area contributed by atoms with Crippen LogP contribution >= 0.6 is 43.2 Å². The van der Waals surface area contributed by atoms with Gasteiger partial charge in [0, 0.05) is 25.6 Å². The maximum absolute atomic E-state index is 12.1. The highest BCUT2D eigenvalue weighted by Gasteiger charge is 2.09. The van der Waals surface area contributed by atoms with Crippen LogP contribution in [-0.4, -0.2) is 10.9 Å². The van der Waals surface area contributed by atoms with E-state index < -0.39 is 0 Å². The van der Waals surface area contributed by atoms with Crippen molar-refractivity contribution in [2.45, 2.75) is 6.42 Å². The average molecular weight is 452 g/mol. The summed E-state index contributed by atoms with van der Waals surface area (Å²) < 4.78 is 2.01. The third kappa shape index (κ3) is 4.50. The zero-order chi connectivity index (χ0) is 16.2. The van der Waals surface area contributed by atoms with Crippen LogP contribution in [0.4, 0.5) is 5.69 Å². The largest absolute Gasteiger partial charge is 0.326 e. The Balaban J connectivity index is 1.65. The molecule has 116 valence electrons. The Bertz CT molecular complexity index is 813. The number of amides is 1. The Kier molecular flexibility index (Phi) is 5.25. The molecule has 1 heterocycles. The van der Waals surface area contributed by atoms with Crippen molar-refractivity contribution in [2.24, 2.45) is 0 Å². The lowest BCUT2D eigenvalue weighted by Crippen LogP contribution is -2.14. The van der Waals surface area contributed by atoms with Gasteiger partial charge in [-0.25, -0.2) is 4.98 Å². The van der Waals surface area contributed by atoms with E-state index in [1.54, 1.807) is 0 Å². The molecule has 23 heavy (non-hydrogen) atoms. The number of thiazole rings is 1. The van der Waals surface area contributed by atoms with Gasteiger partial charge in [0.1, 0.15) is 5.01 Å². The van der Waals surface area contributed by atoms with Crippen molar-refractivity contribution in [2.75, 3.05) is 5.32 Å². The Morgan fingerprint density at radius 1 is 1.00 bits per heavy atom. The van der Waals surface area contributed by atoms with E-state index in [1.807, 2.05) is 53.9 Å². The number of nitrogens with zero attached hydrogens (tertiary/aromatic N) is 1. The van der Waals surface area contributed by atoms with Crippen molar-refractivity contribution in [3.63, 3.8) is 0 Å². The smallest absolute Gasteiger partial charge is 0.231 e. The predicted molar refractivity (Wildman–Crippen MR) is 102 cm³/mol. The summed E-state index contributed by atoms with van der Waals surface area (Å²) in [5.74, 6) is -0.0657. The van der Waals surface area contributed by atoms with Gasteiger partial charge in [-0.05, 0) is 36.4 Å². The molecule has 6 heteroatoms. The van der Waals surface area contributed by atoms with Crippen LogP contribution in [0.15, 0.2) is 62.9 Å². The van der Waals surface area contributed by atoms with E-state index in [1.165, 1.54) is 11.3 Å². The monoisotopic (exact) mass is 450 g/mol. The Hall–Kier alpha value is -1.50. The molecule has 0 aliphatic heterocycles. The van der Waals surface area contributed by atoms with Crippen LogP contribution in [0.3, 0.4) is 0 Å². The summed E-state index contributed by atoms with van der Waals surface area (Å²) in [7, 11) is 0. The number of hydrogen-bond donors (Lipinski definition) is 1. The van der Waals surface area contributed by atoms with E-state index in [0.717, 1.165) is 30.9 Å². The highest BCUT2D eigenvalue weighted by Crippen LogP contribution is 2.24. The van der Waals surface area contributed by atoms with E-state index >= 15 is 0 Å². The van der Waals surface area contributed by atoms with E-state index in [2.05, 4.69) is 42.2 Å². The third-order valence-corrected chi connectivity index (χ3v) is 5.04. The van der Waals surface area contributed by atoms with Gasteiger partial charge in [0.25, 0.3) is 0 Å². The maximum atomic E-state index is 12.1. The summed E-state index contributed by atoms with van der Waals surface area (Å²) in [4.78, 5) is 16.6. The fourth-order valence-electron chi connectivity index (χ4n) is 2.02. The zero-order valence-electron chi connectivity index (χ0n) is 11.9. The van der Waals surface area contributed by atoms with Crippen molar-refractivity contribution < 1.29 is 4.79 Å². The Labute approximate surface area is 155 Å². The van der Waals surface area contributed by atoms with E-state index in [-0.39, 0.29) is 12.3 Å². The van der Waals surface area contributed by atoms with Gasteiger partial charge < -0.3 is 5.32 Å². The lowest BCUT2D eigenvalue weighted by Gasteiger charge is -2.03. The summed E-state index contributed by atoms with van der Waals surface area (Å²) in [5, 5.41) is 5.66. The number of hydrogen-bond acceptors (Lipinski definition) is 3. The number of nitrogens with one attached hydrogen (secondary N) is 1. The number of aromatic nitrogens is 1. The molecule has 1 aromatic heterocycles. The van der Waals surface area contributed by atoms with Gasteiger partial charge in [-0.1, -0.05) is 44.0 Å². The van der Waals surface area contributed by atoms with E-state index in [9.17, 15) is 4.79 Å². The van der Waals surface area contributed by atoms with Crippen molar-refractivity contribution in [1.82, 2.24) is 4.98 Å². The van der Waals surface area contributed by atoms with Gasteiger partial charge in [-0.2, -0.15) is 0 Å². The topological polar surface area (TPSA) is 42.0 Å². The number of anilines is 1. The molecule has 0 radical (unpaired) electrons. The van der Waals surface area contributed by atoms with Crippen molar-refractivity contribution in [3.05, 3.63) is 67.9 Å². The zero-order valence-corrected chi connectivity index (χ0v) is 15.9. The predicted octanol–water partition coefficient (Wildman–Crippen LogP) is 5.52. The van der Waals surface area contributed by atoms with Crippen LogP contribution in [0.25, 0.3) is 11.3 Å². The maximum Gasteiger partial charge on any atom is 0.231 e. The molecular formula is C17H12Br2N2OS. The van der Waals surface area contributed by atoms with E-state index in [0.29, 0.717) is 0 Å². The average Bonchev–Trinajstić information content (AvgIpc) is 2.98. The molecule has 0 atom stereocenters. The molecule has 1 N–H and O–H groups in total. The lowest BCUT2D eigenvalue weighted by atomic mass is 10.2. The number of rotatable bonds is 4. The molecule has 0 unspecified atom stereocenters. The van der Waals surface area contributed by atoms with Gasteiger partial charge in [-0.15, -0.1) is 11.3 Å². The van der Waals surface area contributed by atoms with Gasteiger partial charge in [0.15, 0.2) is 0 Å². The lowest BCUT2D eigenvalue weighted by molar-refractivity contribution is -0.115. The molecule has 1 amide bonds. The molecule has 0 bridgehead atoms. The van der Waals surface area contributed by atoms with Gasteiger partial charge in [0.05, 0.1) is 12.1 Å². The summed E-state index contributed by atoms with van der Waals surface area (Å²) in [6.07, 6.45) is 0.275. The second-order valence-corrected chi connectivity index (χ2v) is 7.64. The molecule has 0 saturated heterocycles. The summed E-state index contributed by atoms with van der Waals surface area (Å²) in [5.41, 5.74) is 2.72. The Morgan fingerprint density at radius 3 is 2.26 bits per heavy atom. The van der Waals surface area contributed by atoms with Crippen LogP contribution in [0.5, 0.6) is 0 Å². The first-order valence-corrected chi connectivity index (χ1v) is 9.32. The number of benzene rings is 2. The van der Waals surface area contributed by atoms with Crippen LogP contribution in [0, 0.1) is 0 Å². The highest BCUT2D eigenvalue weighted by atomic mass is 79.9. The molecule has 0 aliphatic carbocycles. The first-order chi connectivity index (χ1) is 11.1. The number of halogens is 2. The number of carbonyl (C=O) groups is 1. The molecule has 0 fully saturated rings. The minimum absolute atomic E-state index is 0.0657. The first kappa shape index (κ1) is 16.4.